The van der Waals surface area contributed by atoms with Crippen LogP contribution in [0.4, 0.5) is 17.1 Å². The van der Waals surface area contributed by atoms with Gasteiger partial charge in [0.15, 0.2) is 0 Å². The van der Waals surface area contributed by atoms with Gasteiger partial charge in [-0.25, -0.2) is 0 Å². The van der Waals surface area contributed by atoms with Crippen molar-refractivity contribution in [2.24, 2.45) is 0 Å². The summed E-state index contributed by atoms with van der Waals surface area (Å²) in [5.74, 6) is 1.85. The highest BCUT2D eigenvalue weighted by Gasteiger charge is 2.23. The second kappa shape index (κ2) is 17.7. The van der Waals surface area contributed by atoms with E-state index in [0.29, 0.717) is 13.2 Å². The van der Waals surface area contributed by atoms with Crippen LogP contribution < -0.4 is 24.2 Å². The van der Waals surface area contributed by atoms with Gasteiger partial charge in [-0.3, -0.25) is 0 Å². The molecule has 3 aromatic rings. The third-order valence-electron chi connectivity index (χ3n) is 8.32. The summed E-state index contributed by atoms with van der Waals surface area (Å²) in [5.41, 5.74) is 7.96. The largest absolute Gasteiger partial charge is 0.493 e. The normalized spacial score (nSPS) is 11.0. The van der Waals surface area contributed by atoms with E-state index in [0.717, 1.165) is 98.7 Å². The maximum Gasteiger partial charge on any atom is 0.129 e. The van der Waals surface area contributed by atoms with Gasteiger partial charge in [-0.2, -0.15) is 0 Å². The van der Waals surface area contributed by atoms with Gasteiger partial charge in [0.2, 0.25) is 0 Å². The number of hydrogen-bond donors (Lipinski definition) is 0. The summed E-state index contributed by atoms with van der Waals surface area (Å²) >= 11 is 0. The van der Waals surface area contributed by atoms with Crippen molar-refractivity contribution in [2.45, 2.75) is 81.1 Å². The summed E-state index contributed by atoms with van der Waals surface area (Å²) in [6, 6.07) is 21.4. The fourth-order valence-corrected chi connectivity index (χ4v) is 5.70. The lowest BCUT2D eigenvalue weighted by Gasteiger charge is -2.29. The van der Waals surface area contributed by atoms with Gasteiger partial charge < -0.3 is 24.2 Å². The highest BCUT2D eigenvalue weighted by atomic mass is 16.5. The minimum absolute atomic E-state index is 0.695. The van der Waals surface area contributed by atoms with Crippen molar-refractivity contribution in [1.82, 2.24) is 0 Å². The third-order valence-corrected chi connectivity index (χ3v) is 8.32. The average Bonchev–Trinajstić information content (AvgIpc) is 3.03. The molecule has 0 fully saturated rings. The summed E-state index contributed by atoms with van der Waals surface area (Å²) in [6.07, 6.45) is 4.23. The van der Waals surface area contributed by atoms with Crippen molar-refractivity contribution >= 4 is 17.1 Å². The molecule has 3 aromatic carbocycles. The van der Waals surface area contributed by atoms with Gasteiger partial charge in [-0.15, -0.1) is 0 Å². The van der Waals surface area contributed by atoms with E-state index >= 15 is 0 Å². The van der Waals surface area contributed by atoms with E-state index in [1.165, 1.54) is 17.1 Å². The van der Waals surface area contributed by atoms with Crippen molar-refractivity contribution in [3.8, 4) is 33.8 Å². The van der Waals surface area contributed by atoms with Gasteiger partial charge in [0.05, 0.1) is 13.2 Å². The SMILES string of the molecule is CCCCOc1cc(N(CC)CC)ccc1-c1[c]ccc(N(CC)CC)c1-c1ccc(N(CC)CC)cc1OCCCC. The number of nitrogens with zero attached hydrogens (tertiary/aromatic N) is 3. The van der Waals surface area contributed by atoms with Gasteiger partial charge in [0, 0.05) is 90.7 Å². The lowest BCUT2D eigenvalue weighted by atomic mass is 9.90. The fraction of sp³-hybridized carbons (Fsp3) is 0.526. The van der Waals surface area contributed by atoms with E-state index in [2.05, 4.69) is 125 Å². The molecule has 0 saturated carbocycles. The van der Waals surface area contributed by atoms with E-state index in [1.54, 1.807) is 0 Å². The molecule has 0 bridgehead atoms. The summed E-state index contributed by atoms with van der Waals surface area (Å²) in [7, 11) is 0. The van der Waals surface area contributed by atoms with E-state index in [-0.39, 0.29) is 0 Å². The Bertz CT molecular complexity index is 1250. The monoisotopic (exact) mass is 586 g/mol. The molecular formula is C38H56N3O2. The van der Waals surface area contributed by atoms with E-state index in [4.69, 9.17) is 9.47 Å². The van der Waals surface area contributed by atoms with E-state index < -0.39 is 0 Å². The molecule has 0 atom stereocenters. The summed E-state index contributed by atoms with van der Waals surface area (Å²) in [4.78, 5) is 7.19. The van der Waals surface area contributed by atoms with E-state index in [1.807, 2.05) is 0 Å². The first-order chi connectivity index (χ1) is 21.0. The van der Waals surface area contributed by atoms with Crippen LogP contribution in [0.15, 0.2) is 48.5 Å². The predicted molar refractivity (Wildman–Crippen MR) is 188 cm³/mol. The van der Waals surface area contributed by atoms with Crippen LogP contribution >= 0.6 is 0 Å². The number of rotatable bonds is 19. The van der Waals surface area contributed by atoms with Crippen LogP contribution in [0.1, 0.15) is 81.1 Å². The molecule has 5 heteroatoms. The lowest BCUT2D eigenvalue weighted by molar-refractivity contribution is 0.310. The maximum atomic E-state index is 6.60. The molecule has 0 N–H and O–H groups in total. The predicted octanol–water partition coefficient (Wildman–Crippen LogP) is 9.72. The molecule has 0 aliphatic rings. The smallest absolute Gasteiger partial charge is 0.129 e. The van der Waals surface area contributed by atoms with Crippen molar-refractivity contribution < 1.29 is 9.47 Å². The Morgan fingerprint density at radius 1 is 0.558 bits per heavy atom. The number of anilines is 3. The molecule has 235 valence electrons. The van der Waals surface area contributed by atoms with Gasteiger partial charge in [0.25, 0.3) is 0 Å². The van der Waals surface area contributed by atoms with Gasteiger partial charge in [0.1, 0.15) is 11.5 Å². The second-order valence-corrected chi connectivity index (χ2v) is 10.9. The Kier molecular flexibility index (Phi) is 14.1. The number of hydrogen-bond acceptors (Lipinski definition) is 5. The van der Waals surface area contributed by atoms with Crippen LogP contribution in [0.3, 0.4) is 0 Å². The number of unbranched alkanes of at least 4 members (excludes halogenated alkanes) is 2. The van der Waals surface area contributed by atoms with E-state index in [9.17, 15) is 0 Å². The van der Waals surface area contributed by atoms with Crippen LogP contribution in [0.5, 0.6) is 11.5 Å². The second-order valence-electron chi connectivity index (χ2n) is 10.9. The molecule has 0 unspecified atom stereocenters. The van der Waals surface area contributed by atoms with Crippen LogP contribution in [0, 0.1) is 6.07 Å². The topological polar surface area (TPSA) is 28.2 Å². The molecule has 43 heavy (non-hydrogen) atoms. The van der Waals surface area contributed by atoms with Crippen molar-refractivity contribution in [2.75, 3.05) is 67.2 Å². The minimum atomic E-state index is 0.695. The van der Waals surface area contributed by atoms with Crippen LogP contribution in [-0.4, -0.2) is 52.5 Å². The standard InChI is InChI=1S/C38H56N3O2/c1-9-17-26-42-36-28-30(39(11-3)12-4)22-24-32(36)33-20-19-21-35(41(15-7)16-8)38(33)34-25-23-31(40(13-5)14-6)29-37(34)43-27-18-10-2/h19,21-25,28-29H,9-18,26-27H2,1-8H3. The zero-order valence-electron chi connectivity index (χ0n) is 28.3. The first-order valence-electron chi connectivity index (χ1n) is 16.8. The molecule has 0 saturated heterocycles. The molecule has 0 aliphatic heterocycles. The third kappa shape index (κ3) is 8.40. The maximum absolute atomic E-state index is 6.60. The highest BCUT2D eigenvalue weighted by molar-refractivity contribution is 5.96. The summed E-state index contributed by atoms with van der Waals surface area (Å²) in [5, 5.41) is 0. The first-order valence-corrected chi connectivity index (χ1v) is 16.8. The van der Waals surface area contributed by atoms with Crippen molar-refractivity contribution in [3.05, 3.63) is 54.6 Å². The Morgan fingerprint density at radius 2 is 1.02 bits per heavy atom. The molecule has 0 amide bonds. The molecule has 0 aromatic heterocycles. The highest BCUT2D eigenvalue weighted by Crippen LogP contribution is 2.47. The minimum Gasteiger partial charge on any atom is -0.493 e. The quantitative estimate of drug-likeness (QED) is 0.130. The molecule has 0 spiro atoms. The molecular weight excluding hydrogens is 530 g/mol. The number of benzene rings is 3. The van der Waals surface area contributed by atoms with Crippen LogP contribution in [0.25, 0.3) is 22.3 Å². The Morgan fingerprint density at radius 3 is 1.49 bits per heavy atom. The zero-order valence-corrected chi connectivity index (χ0v) is 28.3. The Labute approximate surface area is 262 Å². The van der Waals surface area contributed by atoms with Gasteiger partial charge in [-0.05, 0) is 90.8 Å². The summed E-state index contributed by atoms with van der Waals surface area (Å²) < 4.78 is 13.1. The Hall–Kier alpha value is -3.34. The molecule has 0 aliphatic carbocycles. The molecule has 5 nitrogen and oxygen atoms in total. The van der Waals surface area contributed by atoms with Gasteiger partial charge >= 0.3 is 0 Å². The zero-order chi connectivity index (χ0) is 31.2. The molecule has 3 rings (SSSR count). The number of ether oxygens (including phenoxy) is 2. The Balaban J connectivity index is 2.34. The van der Waals surface area contributed by atoms with Crippen LogP contribution in [0.2, 0.25) is 0 Å². The van der Waals surface area contributed by atoms with Gasteiger partial charge in [-0.1, -0.05) is 32.8 Å². The molecule has 1 radical (unpaired) electrons. The lowest BCUT2D eigenvalue weighted by Crippen LogP contribution is -2.23. The van der Waals surface area contributed by atoms with Crippen molar-refractivity contribution in [1.29, 1.82) is 0 Å². The van der Waals surface area contributed by atoms with Crippen LogP contribution in [-0.2, 0) is 0 Å². The summed E-state index contributed by atoms with van der Waals surface area (Å²) in [6.45, 7) is 24.7. The average molecular weight is 587 g/mol. The van der Waals surface area contributed by atoms with Crippen molar-refractivity contribution in [3.63, 3.8) is 0 Å². The fourth-order valence-electron chi connectivity index (χ4n) is 5.70. The first kappa shape index (κ1) is 34.2. The molecule has 0 heterocycles.